The van der Waals surface area contributed by atoms with Crippen molar-refractivity contribution in [1.82, 2.24) is 4.90 Å². The van der Waals surface area contributed by atoms with Gasteiger partial charge in [0, 0.05) is 38.1 Å². The van der Waals surface area contributed by atoms with E-state index in [0.717, 1.165) is 24.8 Å². The molecule has 3 atom stereocenters. The number of ether oxygens (including phenoxy) is 2. The highest BCUT2D eigenvalue weighted by molar-refractivity contribution is 5.91. The van der Waals surface area contributed by atoms with Crippen LogP contribution in [0.1, 0.15) is 63.4 Å². The summed E-state index contributed by atoms with van der Waals surface area (Å²) in [5, 5.41) is 9.37. The minimum atomic E-state index is -0.486. The number of carbonyl (C=O) groups excluding carboxylic acids is 1. The second kappa shape index (κ2) is 10.8. The molecule has 1 aliphatic carbocycles. The first kappa shape index (κ1) is 21.8. The van der Waals surface area contributed by atoms with Gasteiger partial charge in [-0.15, -0.1) is 0 Å². The number of amides is 1. The third-order valence-corrected chi connectivity index (χ3v) is 6.25. The smallest absolute Gasteiger partial charge is 0.288 e. The molecule has 0 spiro atoms. The van der Waals surface area contributed by atoms with Crippen LogP contribution in [0.25, 0.3) is 0 Å². The average molecular weight is 402 g/mol. The van der Waals surface area contributed by atoms with Crippen LogP contribution in [0.2, 0.25) is 0 Å². The van der Waals surface area contributed by atoms with Crippen LogP contribution in [0.5, 0.6) is 0 Å². The van der Waals surface area contributed by atoms with Gasteiger partial charge < -0.3 is 19.5 Å². The maximum atomic E-state index is 13.3. The molecular formula is C24H35NO4. The summed E-state index contributed by atoms with van der Waals surface area (Å²) in [6.45, 7) is 2.59. The fourth-order valence-electron chi connectivity index (χ4n) is 4.62. The molecule has 1 aromatic carbocycles. The van der Waals surface area contributed by atoms with Gasteiger partial charge in [0.2, 0.25) is 6.29 Å². The number of allylic oxidation sites excluding steroid dienone is 1. The molecule has 5 heteroatoms. The number of rotatable bonds is 8. The molecule has 2 aliphatic rings. The molecule has 1 fully saturated rings. The maximum absolute atomic E-state index is 13.3. The van der Waals surface area contributed by atoms with Crippen LogP contribution < -0.4 is 0 Å². The molecule has 1 amide bonds. The van der Waals surface area contributed by atoms with E-state index >= 15 is 0 Å². The van der Waals surface area contributed by atoms with E-state index in [4.69, 9.17) is 9.47 Å². The number of likely N-dealkylation sites (N-methyl/N-ethyl adjacent to an activating group) is 1. The van der Waals surface area contributed by atoms with Gasteiger partial charge in [-0.2, -0.15) is 0 Å². The van der Waals surface area contributed by atoms with Crippen LogP contribution in [0, 0.1) is 5.92 Å². The summed E-state index contributed by atoms with van der Waals surface area (Å²) >= 11 is 0. The normalized spacial score (nSPS) is 25.2. The highest BCUT2D eigenvalue weighted by Gasteiger charge is 2.39. The fourth-order valence-corrected chi connectivity index (χ4v) is 4.62. The number of hydrogen-bond acceptors (Lipinski definition) is 4. The van der Waals surface area contributed by atoms with E-state index < -0.39 is 6.29 Å². The molecule has 0 aromatic heterocycles. The summed E-state index contributed by atoms with van der Waals surface area (Å²) in [6.07, 6.45) is 8.69. The van der Waals surface area contributed by atoms with Crippen molar-refractivity contribution >= 4 is 5.91 Å². The summed E-state index contributed by atoms with van der Waals surface area (Å²) in [6, 6.07) is 10.5. The van der Waals surface area contributed by atoms with Crippen molar-refractivity contribution in [2.45, 2.75) is 70.1 Å². The minimum absolute atomic E-state index is 0.0201. The highest BCUT2D eigenvalue weighted by atomic mass is 16.7. The van der Waals surface area contributed by atoms with E-state index in [0.29, 0.717) is 18.8 Å². The molecular weight excluding hydrogens is 366 g/mol. The Balaban J connectivity index is 1.88. The van der Waals surface area contributed by atoms with Gasteiger partial charge in [0.1, 0.15) is 0 Å². The van der Waals surface area contributed by atoms with E-state index in [1.807, 2.05) is 43.1 Å². The second-order valence-electron chi connectivity index (χ2n) is 8.15. The Kier molecular flexibility index (Phi) is 8.13. The highest BCUT2D eigenvalue weighted by Crippen LogP contribution is 2.40. The molecule has 3 rings (SSSR count). The second-order valence-corrected chi connectivity index (χ2v) is 8.15. The van der Waals surface area contributed by atoms with Crippen LogP contribution in [0.15, 0.2) is 42.2 Å². The molecule has 5 nitrogen and oxygen atoms in total. The lowest BCUT2D eigenvalue weighted by Crippen LogP contribution is -2.43. The van der Waals surface area contributed by atoms with Gasteiger partial charge in [0.05, 0.1) is 0 Å². The third-order valence-electron chi connectivity index (χ3n) is 6.25. The molecule has 1 heterocycles. The van der Waals surface area contributed by atoms with E-state index in [9.17, 15) is 9.90 Å². The quantitative estimate of drug-likeness (QED) is 0.708. The Bertz CT molecular complexity index is 669. The Morgan fingerprint density at radius 2 is 1.93 bits per heavy atom. The topological polar surface area (TPSA) is 59.0 Å². The van der Waals surface area contributed by atoms with Crippen molar-refractivity contribution in [3.63, 3.8) is 0 Å². The van der Waals surface area contributed by atoms with E-state index in [2.05, 4.69) is 12.1 Å². The molecule has 0 radical (unpaired) electrons. The van der Waals surface area contributed by atoms with Crippen molar-refractivity contribution < 1.29 is 19.4 Å². The first-order chi connectivity index (χ1) is 14.2. The Morgan fingerprint density at radius 1 is 1.21 bits per heavy atom. The Labute approximate surface area is 174 Å². The summed E-state index contributed by atoms with van der Waals surface area (Å²) < 4.78 is 12.1. The van der Waals surface area contributed by atoms with Crippen molar-refractivity contribution in [2.75, 3.05) is 20.3 Å². The summed E-state index contributed by atoms with van der Waals surface area (Å²) in [7, 11) is 1.90. The Hall–Kier alpha value is -1.85. The summed E-state index contributed by atoms with van der Waals surface area (Å²) in [5.41, 5.74) is 1.15. The molecule has 3 unspecified atom stereocenters. The van der Waals surface area contributed by atoms with Crippen LogP contribution in [0.3, 0.4) is 0 Å². The number of hydrogen-bond donors (Lipinski definition) is 1. The van der Waals surface area contributed by atoms with Gasteiger partial charge in [-0.3, -0.25) is 4.79 Å². The monoisotopic (exact) mass is 401 g/mol. The average Bonchev–Trinajstić information content (AvgIpc) is 2.78. The lowest BCUT2D eigenvalue weighted by Gasteiger charge is -2.39. The van der Waals surface area contributed by atoms with Crippen LogP contribution in [-0.2, 0) is 14.3 Å². The molecule has 0 bridgehead atoms. The number of benzene rings is 1. The number of nitrogens with zero attached hydrogens (tertiary/aromatic N) is 1. The van der Waals surface area contributed by atoms with Gasteiger partial charge in [-0.25, -0.2) is 0 Å². The SMILES string of the molecule is CCOC1OC(C(=O)N(C)C2CCCCC2)=CC(c2ccccc2)C1CCCO. The van der Waals surface area contributed by atoms with E-state index in [1.165, 1.54) is 19.3 Å². The van der Waals surface area contributed by atoms with Crippen molar-refractivity contribution in [2.24, 2.45) is 5.92 Å². The Morgan fingerprint density at radius 3 is 2.59 bits per heavy atom. The van der Waals surface area contributed by atoms with Crippen LogP contribution >= 0.6 is 0 Å². The molecule has 29 heavy (non-hydrogen) atoms. The maximum Gasteiger partial charge on any atom is 0.288 e. The molecule has 1 N–H and O–H groups in total. The lowest BCUT2D eigenvalue weighted by atomic mass is 9.80. The molecule has 1 aromatic rings. The van der Waals surface area contributed by atoms with Crippen molar-refractivity contribution in [3.05, 3.63) is 47.7 Å². The van der Waals surface area contributed by atoms with E-state index in [1.54, 1.807) is 0 Å². The number of aliphatic hydroxyl groups excluding tert-OH is 1. The summed E-state index contributed by atoms with van der Waals surface area (Å²) in [5.74, 6) is 0.418. The largest absolute Gasteiger partial charge is 0.459 e. The molecule has 160 valence electrons. The summed E-state index contributed by atoms with van der Waals surface area (Å²) in [4.78, 5) is 15.1. The first-order valence-electron chi connectivity index (χ1n) is 11.1. The minimum Gasteiger partial charge on any atom is -0.459 e. The predicted octanol–water partition coefficient (Wildman–Crippen LogP) is 4.23. The van der Waals surface area contributed by atoms with Gasteiger partial charge in [-0.1, -0.05) is 49.6 Å². The van der Waals surface area contributed by atoms with Gasteiger partial charge in [-0.05, 0) is 44.2 Å². The first-order valence-corrected chi connectivity index (χ1v) is 11.1. The van der Waals surface area contributed by atoms with Gasteiger partial charge >= 0.3 is 0 Å². The van der Waals surface area contributed by atoms with Crippen molar-refractivity contribution in [1.29, 1.82) is 0 Å². The zero-order chi connectivity index (χ0) is 20.6. The van der Waals surface area contributed by atoms with Crippen LogP contribution in [-0.4, -0.2) is 48.5 Å². The van der Waals surface area contributed by atoms with Gasteiger partial charge in [0.25, 0.3) is 5.91 Å². The third kappa shape index (κ3) is 5.40. The standard InChI is InChI=1S/C24H35NO4/c1-3-28-24-20(15-10-16-26)21(18-11-6-4-7-12-18)17-22(29-24)23(27)25(2)19-13-8-5-9-14-19/h4,6-7,11-12,17,19-21,24,26H,3,5,8-10,13-16H2,1-2H3. The molecule has 1 saturated carbocycles. The van der Waals surface area contributed by atoms with Crippen LogP contribution in [0.4, 0.5) is 0 Å². The van der Waals surface area contributed by atoms with E-state index in [-0.39, 0.29) is 30.4 Å². The fraction of sp³-hybridized carbons (Fsp3) is 0.625. The van der Waals surface area contributed by atoms with Gasteiger partial charge in [0.15, 0.2) is 5.76 Å². The predicted molar refractivity (Wildman–Crippen MR) is 113 cm³/mol. The number of aliphatic hydroxyl groups is 1. The zero-order valence-electron chi connectivity index (χ0n) is 17.8. The number of carbonyl (C=O) groups is 1. The lowest BCUT2D eigenvalue weighted by molar-refractivity contribution is -0.170. The molecule has 1 aliphatic heterocycles. The zero-order valence-corrected chi connectivity index (χ0v) is 17.8. The molecule has 0 saturated heterocycles. The van der Waals surface area contributed by atoms with Crippen molar-refractivity contribution in [3.8, 4) is 0 Å².